The summed E-state index contributed by atoms with van der Waals surface area (Å²) < 4.78 is 25.1. The molecule has 0 heterocycles. The molecule has 1 aromatic carbocycles. The van der Waals surface area contributed by atoms with Crippen molar-refractivity contribution in [2.45, 2.75) is 38.6 Å². The summed E-state index contributed by atoms with van der Waals surface area (Å²) in [5.41, 5.74) is 1.48. The molecule has 0 atom stereocenters. The van der Waals surface area contributed by atoms with E-state index < -0.39 is 10.0 Å². The monoisotopic (exact) mass is 310 g/mol. The maximum absolute atomic E-state index is 12.1. The lowest BCUT2D eigenvalue weighted by Crippen LogP contribution is -2.43. The minimum Gasteiger partial charge on any atom is -0.352 e. The summed E-state index contributed by atoms with van der Waals surface area (Å²) in [5, 5.41) is 2.92. The number of anilines is 1. The number of amides is 1. The van der Waals surface area contributed by atoms with Crippen molar-refractivity contribution in [3.63, 3.8) is 0 Å². The van der Waals surface area contributed by atoms with Crippen molar-refractivity contribution < 1.29 is 13.2 Å². The Hall–Kier alpha value is -1.56. The smallest absolute Gasteiger partial charge is 0.240 e. The molecule has 1 fully saturated rings. The molecule has 1 saturated carbocycles. The fraction of sp³-hybridized carbons (Fsp3) is 0.533. The molecule has 1 N–H and O–H groups in total. The van der Waals surface area contributed by atoms with Crippen LogP contribution in [0.2, 0.25) is 0 Å². The molecule has 0 spiro atoms. The van der Waals surface area contributed by atoms with E-state index in [4.69, 9.17) is 0 Å². The minimum absolute atomic E-state index is 0.168. The van der Waals surface area contributed by atoms with Gasteiger partial charge in [0, 0.05) is 6.04 Å². The van der Waals surface area contributed by atoms with E-state index in [9.17, 15) is 13.2 Å². The van der Waals surface area contributed by atoms with Crippen LogP contribution in [0.15, 0.2) is 24.3 Å². The van der Waals surface area contributed by atoms with Crippen LogP contribution in [0.1, 0.15) is 31.2 Å². The first kappa shape index (κ1) is 15.8. The molecule has 1 aliphatic carbocycles. The highest BCUT2D eigenvalue weighted by molar-refractivity contribution is 7.92. The van der Waals surface area contributed by atoms with Crippen LogP contribution < -0.4 is 9.62 Å². The second-order valence-electron chi connectivity index (χ2n) is 5.66. The summed E-state index contributed by atoms with van der Waals surface area (Å²) in [4.78, 5) is 12.1. The lowest BCUT2D eigenvalue weighted by molar-refractivity contribution is -0.120. The van der Waals surface area contributed by atoms with Crippen LogP contribution in [0.4, 0.5) is 5.69 Å². The van der Waals surface area contributed by atoms with Gasteiger partial charge >= 0.3 is 0 Å². The fourth-order valence-corrected chi connectivity index (χ4v) is 3.51. The zero-order valence-corrected chi connectivity index (χ0v) is 13.3. The highest BCUT2D eigenvalue weighted by atomic mass is 32.2. The Morgan fingerprint density at radius 3 is 2.57 bits per heavy atom. The average Bonchev–Trinajstić information content (AvgIpc) is 2.87. The Morgan fingerprint density at radius 1 is 1.33 bits per heavy atom. The van der Waals surface area contributed by atoms with E-state index in [0.717, 1.165) is 41.8 Å². The van der Waals surface area contributed by atoms with Crippen molar-refractivity contribution in [2.75, 3.05) is 17.1 Å². The number of sulfonamides is 1. The second kappa shape index (κ2) is 6.47. The Morgan fingerprint density at radius 2 is 2.00 bits per heavy atom. The Bertz CT molecular complexity index is 607. The van der Waals surface area contributed by atoms with Crippen LogP contribution in [-0.4, -0.2) is 33.2 Å². The van der Waals surface area contributed by atoms with E-state index >= 15 is 0 Å². The standard InChI is InChI=1S/C15H22N2O3S/c1-12-6-5-9-14(10-12)17(21(2,19)20)11-15(18)16-13-7-3-4-8-13/h5-6,9-10,13H,3-4,7-8,11H2,1-2H3,(H,16,18). The van der Waals surface area contributed by atoms with Gasteiger partial charge in [-0.3, -0.25) is 9.10 Å². The topological polar surface area (TPSA) is 66.5 Å². The number of benzene rings is 1. The van der Waals surface area contributed by atoms with Crippen molar-refractivity contribution in [1.29, 1.82) is 0 Å². The van der Waals surface area contributed by atoms with Gasteiger partial charge in [0.2, 0.25) is 15.9 Å². The van der Waals surface area contributed by atoms with Gasteiger partial charge in [-0.15, -0.1) is 0 Å². The first-order valence-electron chi connectivity index (χ1n) is 7.20. The van der Waals surface area contributed by atoms with Crippen LogP contribution in [0.3, 0.4) is 0 Å². The van der Waals surface area contributed by atoms with Crippen LogP contribution in [0, 0.1) is 6.92 Å². The molecule has 116 valence electrons. The molecule has 6 heteroatoms. The highest BCUT2D eigenvalue weighted by Gasteiger charge is 2.23. The third-order valence-corrected chi connectivity index (χ3v) is 4.84. The second-order valence-corrected chi connectivity index (χ2v) is 7.56. The van der Waals surface area contributed by atoms with Gasteiger partial charge in [0.25, 0.3) is 0 Å². The molecule has 1 aliphatic rings. The highest BCUT2D eigenvalue weighted by Crippen LogP contribution is 2.20. The summed E-state index contributed by atoms with van der Waals surface area (Å²) in [6.45, 7) is 1.72. The SMILES string of the molecule is Cc1cccc(N(CC(=O)NC2CCCC2)S(C)(=O)=O)c1. The average molecular weight is 310 g/mol. The lowest BCUT2D eigenvalue weighted by Gasteiger charge is -2.23. The van der Waals surface area contributed by atoms with Gasteiger partial charge in [-0.25, -0.2) is 8.42 Å². The number of carbonyl (C=O) groups excluding carboxylic acids is 1. The van der Waals surface area contributed by atoms with Crippen LogP contribution in [0.25, 0.3) is 0 Å². The summed E-state index contributed by atoms with van der Waals surface area (Å²) >= 11 is 0. The number of aryl methyl sites for hydroxylation is 1. The molecule has 0 bridgehead atoms. The van der Waals surface area contributed by atoms with Crippen molar-refractivity contribution in [3.8, 4) is 0 Å². The van der Waals surface area contributed by atoms with Gasteiger partial charge in [-0.1, -0.05) is 25.0 Å². The molecule has 21 heavy (non-hydrogen) atoms. The number of hydrogen-bond acceptors (Lipinski definition) is 3. The predicted octanol–water partition coefficient (Wildman–Crippen LogP) is 1.82. The number of hydrogen-bond donors (Lipinski definition) is 1. The van der Waals surface area contributed by atoms with Crippen molar-refractivity contribution in [3.05, 3.63) is 29.8 Å². The molecule has 5 nitrogen and oxygen atoms in total. The normalized spacial score (nSPS) is 15.9. The molecular formula is C15H22N2O3S. The first-order chi connectivity index (χ1) is 9.86. The van der Waals surface area contributed by atoms with Gasteiger partial charge in [-0.2, -0.15) is 0 Å². The molecule has 0 unspecified atom stereocenters. The molecule has 2 rings (SSSR count). The zero-order chi connectivity index (χ0) is 15.5. The van der Waals surface area contributed by atoms with Gasteiger partial charge < -0.3 is 5.32 Å². The van der Waals surface area contributed by atoms with E-state index in [1.165, 1.54) is 0 Å². The van der Waals surface area contributed by atoms with E-state index in [1.807, 2.05) is 13.0 Å². The number of rotatable bonds is 5. The summed E-state index contributed by atoms with van der Waals surface area (Å²) in [6.07, 6.45) is 5.33. The van der Waals surface area contributed by atoms with Crippen LogP contribution >= 0.6 is 0 Å². The third-order valence-electron chi connectivity index (χ3n) is 3.70. The molecular weight excluding hydrogens is 288 g/mol. The van der Waals surface area contributed by atoms with E-state index in [-0.39, 0.29) is 18.5 Å². The maximum atomic E-state index is 12.1. The van der Waals surface area contributed by atoms with E-state index in [1.54, 1.807) is 18.2 Å². The Balaban J connectivity index is 2.12. The van der Waals surface area contributed by atoms with Gasteiger partial charge in [0.05, 0.1) is 11.9 Å². The summed E-state index contributed by atoms with van der Waals surface area (Å²) in [6, 6.07) is 7.34. The molecule has 0 aliphatic heterocycles. The predicted molar refractivity (Wildman–Crippen MR) is 83.8 cm³/mol. The maximum Gasteiger partial charge on any atom is 0.240 e. The molecule has 0 radical (unpaired) electrons. The van der Waals surface area contributed by atoms with Crippen molar-refractivity contribution >= 4 is 21.6 Å². The van der Waals surface area contributed by atoms with E-state index in [0.29, 0.717) is 5.69 Å². The van der Waals surface area contributed by atoms with Gasteiger partial charge in [0.15, 0.2) is 0 Å². The third kappa shape index (κ3) is 4.46. The Kier molecular flexibility index (Phi) is 4.88. The molecule has 0 aromatic heterocycles. The first-order valence-corrected chi connectivity index (χ1v) is 9.05. The molecule has 1 aromatic rings. The quantitative estimate of drug-likeness (QED) is 0.902. The van der Waals surface area contributed by atoms with E-state index in [2.05, 4.69) is 5.32 Å². The lowest BCUT2D eigenvalue weighted by atomic mass is 10.2. The van der Waals surface area contributed by atoms with Crippen molar-refractivity contribution in [2.24, 2.45) is 0 Å². The number of nitrogens with one attached hydrogen (secondary N) is 1. The number of nitrogens with zero attached hydrogens (tertiary/aromatic N) is 1. The van der Waals surface area contributed by atoms with Gasteiger partial charge in [0.1, 0.15) is 6.54 Å². The van der Waals surface area contributed by atoms with Crippen molar-refractivity contribution in [1.82, 2.24) is 5.32 Å². The van der Waals surface area contributed by atoms with Crippen LogP contribution in [-0.2, 0) is 14.8 Å². The Labute approximate surface area is 126 Å². The molecule has 0 saturated heterocycles. The summed E-state index contributed by atoms with van der Waals surface area (Å²) in [7, 11) is -3.49. The number of carbonyl (C=O) groups is 1. The largest absolute Gasteiger partial charge is 0.352 e. The fourth-order valence-electron chi connectivity index (χ4n) is 2.66. The molecule has 1 amide bonds. The van der Waals surface area contributed by atoms with Gasteiger partial charge in [-0.05, 0) is 37.5 Å². The minimum atomic E-state index is -3.49. The van der Waals surface area contributed by atoms with Crippen LogP contribution in [0.5, 0.6) is 0 Å². The summed E-state index contributed by atoms with van der Waals surface area (Å²) in [5.74, 6) is -0.242. The zero-order valence-electron chi connectivity index (χ0n) is 12.5.